The minimum Gasteiger partial charge on any atom is -0.381 e. The minimum atomic E-state index is 0.254. The Morgan fingerprint density at radius 2 is 2.31 bits per heavy atom. The monoisotopic (exact) mass is 227 g/mol. The first-order valence-corrected chi connectivity index (χ1v) is 6.71. The number of ether oxygens (including phenoxy) is 2. The lowest BCUT2D eigenvalue weighted by molar-refractivity contribution is 0.0292. The van der Waals surface area contributed by atoms with Gasteiger partial charge in [0.1, 0.15) is 0 Å². The third-order valence-corrected chi connectivity index (χ3v) is 3.57. The van der Waals surface area contributed by atoms with E-state index in [1.165, 1.54) is 19.3 Å². The lowest BCUT2D eigenvalue weighted by atomic mass is 9.88. The van der Waals surface area contributed by atoms with Gasteiger partial charge in [-0.15, -0.1) is 0 Å². The maximum Gasteiger partial charge on any atom is 0.0557 e. The highest BCUT2D eigenvalue weighted by molar-refractivity contribution is 4.85. The van der Waals surface area contributed by atoms with Crippen molar-refractivity contribution < 1.29 is 9.47 Å². The van der Waals surface area contributed by atoms with Crippen LogP contribution < -0.4 is 5.32 Å². The highest BCUT2D eigenvalue weighted by Gasteiger charge is 2.35. The third-order valence-electron chi connectivity index (χ3n) is 3.57. The molecule has 1 unspecified atom stereocenters. The molecule has 0 radical (unpaired) electrons. The fourth-order valence-electron chi connectivity index (χ4n) is 2.21. The molecule has 3 nitrogen and oxygen atoms in total. The van der Waals surface area contributed by atoms with E-state index >= 15 is 0 Å². The van der Waals surface area contributed by atoms with Crippen LogP contribution in [0.3, 0.4) is 0 Å². The Morgan fingerprint density at radius 3 is 2.94 bits per heavy atom. The summed E-state index contributed by atoms with van der Waals surface area (Å²) >= 11 is 0. The van der Waals surface area contributed by atoms with E-state index in [1.807, 2.05) is 0 Å². The molecule has 1 aliphatic carbocycles. The molecule has 1 saturated carbocycles. The topological polar surface area (TPSA) is 30.5 Å². The van der Waals surface area contributed by atoms with E-state index in [4.69, 9.17) is 9.47 Å². The zero-order valence-corrected chi connectivity index (χ0v) is 10.5. The Morgan fingerprint density at radius 1 is 1.44 bits per heavy atom. The second-order valence-electron chi connectivity index (χ2n) is 5.44. The van der Waals surface area contributed by atoms with Crippen LogP contribution in [0.2, 0.25) is 0 Å². The van der Waals surface area contributed by atoms with Crippen molar-refractivity contribution in [2.24, 2.45) is 11.3 Å². The molecule has 1 N–H and O–H groups in total. The molecule has 1 heterocycles. The molecule has 1 aliphatic heterocycles. The van der Waals surface area contributed by atoms with Crippen LogP contribution in [-0.4, -0.2) is 39.5 Å². The van der Waals surface area contributed by atoms with Crippen LogP contribution >= 0.6 is 0 Å². The second-order valence-corrected chi connectivity index (χ2v) is 5.44. The van der Waals surface area contributed by atoms with E-state index in [9.17, 15) is 0 Å². The van der Waals surface area contributed by atoms with Gasteiger partial charge in [0, 0.05) is 25.2 Å². The third kappa shape index (κ3) is 3.72. The van der Waals surface area contributed by atoms with Crippen molar-refractivity contribution >= 4 is 0 Å². The molecule has 94 valence electrons. The Hall–Kier alpha value is -0.120. The van der Waals surface area contributed by atoms with Gasteiger partial charge in [-0.1, -0.05) is 6.92 Å². The molecule has 0 spiro atoms. The van der Waals surface area contributed by atoms with Gasteiger partial charge in [0.25, 0.3) is 0 Å². The zero-order chi connectivity index (χ0) is 11.3. The highest BCUT2D eigenvalue weighted by atomic mass is 16.5. The maximum absolute atomic E-state index is 5.86. The molecular formula is C13H25NO2. The summed E-state index contributed by atoms with van der Waals surface area (Å²) in [6, 6.07) is 0. The smallest absolute Gasteiger partial charge is 0.0557 e. The van der Waals surface area contributed by atoms with E-state index in [-0.39, 0.29) is 5.41 Å². The maximum atomic E-state index is 5.86. The van der Waals surface area contributed by atoms with Crippen molar-refractivity contribution in [3.63, 3.8) is 0 Å². The first-order valence-electron chi connectivity index (χ1n) is 6.71. The largest absolute Gasteiger partial charge is 0.381 e. The summed E-state index contributed by atoms with van der Waals surface area (Å²) in [5, 5.41) is 3.51. The normalized spacial score (nSPS) is 29.8. The van der Waals surface area contributed by atoms with Gasteiger partial charge in [-0.25, -0.2) is 0 Å². The summed E-state index contributed by atoms with van der Waals surface area (Å²) in [6.07, 6.45) is 5.09. The van der Waals surface area contributed by atoms with Crippen LogP contribution in [0, 0.1) is 11.3 Å². The Bertz CT molecular complexity index is 198. The average molecular weight is 227 g/mol. The molecule has 2 rings (SSSR count). The predicted octanol–water partition coefficient (Wildman–Crippen LogP) is 1.82. The summed E-state index contributed by atoms with van der Waals surface area (Å²) in [6.45, 7) is 7.97. The molecule has 1 saturated heterocycles. The second kappa shape index (κ2) is 5.99. The first-order chi connectivity index (χ1) is 7.85. The van der Waals surface area contributed by atoms with Crippen LogP contribution in [0.5, 0.6) is 0 Å². The quantitative estimate of drug-likeness (QED) is 0.642. The lowest BCUT2D eigenvalue weighted by Gasteiger charge is -2.27. The van der Waals surface area contributed by atoms with E-state index < -0.39 is 0 Å². The molecule has 0 aromatic carbocycles. The fourth-order valence-corrected chi connectivity index (χ4v) is 2.21. The van der Waals surface area contributed by atoms with Crippen LogP contribution in [0.15, 0.2) is 0 Å². The first kappa shape index (κ1) is 12.3. The van der Waals surface area contributed by atoms with Crippen molar-refractivity contribution in [1.82, 2.24) is 5.32 Å². The minimum absolute atomic E-state index is 0.254. The standard InChI is InChI=1S/C13H25NO2/c1-2-6-14-9-13(5-7-15-10-13)11-16-8-12-3-4-12/h12,14H,2-11H2,1H3. The molecule has 16 heavy (non-hydrogen) atoms. The van der Waals surface area contributed by atoms with Gasteiger partial charge >= 0.3 is 0 Å². The molecule has 0 aromatic heterocycles. The average Bonchev–Trinajstić information content (AvgIpc) is 2.99. The number of rotatable bonds is 8. The van der Waals surface area contributed by atoms with Gasteiger partial charge in [0.2, 0.25) is 0 Å². The van der Waals surface area contributed by atoms with Crippen molar-refractivity contribution in [3.05, 3.63) is 0 Å². The van der Waals surface area contributed by atoms with E-state index in [0.29, 0.717) is 0 Å². The number of hydrogen-bond donors (Lipinski definition) is 1. The summed E-state index contributed by atoms with van der Waals surface area (Å²) in [4.78, 5) is 0. The Kier molecular flexibility index (Phi) is 4.62. The molecule has 3 heteroatoms. The van der Waals surface area contributed by atoms with E-state index in [2.05, 4.69) is 12.2 Å². The summed E-state index contributed by atoms with van der Waals surface area (Å²) in [7, 11) is 0. The summed E-state index contributed by atoms with van der Waals surface area (Å²) < 4.78 is 11.4. The van der Waals surface area contributed by atoms with Gasteiger partial charge < -0.3 is 14.8 Å². The van der Waals surface area contributed by atoms with E-state index in [0.717, 1.165) is 51.9 Å². The number of nitrogens with one attached hydrogen (secondary N) is 1. The van der Waals surface area contributed by atoms with Crippen molar-refractivity contribution in [2.45, 2.75) is 32.6 Å². The van der Waals surface area contributed by atoms with Crippen LogP contribution in [0.1, 0.15) is 32.6 Å². The van der Waals surface area contributed by atoms with Crippen molar-refractivity contribution in [3.8, 4) is 0 Å². The number of hydrogen-bond acceptors (Lipinski definition) is 3. The van der Waals surface area contributed by atoms with Gasteiger partial charge in [-0.05, 0) is 38.1 Å². The Labute approximate surface area is 98.9 Å². The molecule has 2 fully saturated rings. The lowest BCUT2D eigenvalue weighted by Crippen LogP contribution is -2.39. The van der Waals surface area contributed by atoms with Crippen LogP contribution in [0.4, 0.5) is 0 Å². The summed E-state index contributed by atoms with van der Waals surface area (Å²) in [5.74, 6) is 0.864. The van der Waals surface area contributed by atoms with E-state index in [1.54, 1.807) is 0 Å². The molecule has 0 aromatic rings. The van der Waals surface area contributed by atoms with Crippen molar-refractivity contribution in [2.75, 3.05) is 39.5 Å². The fraction of sp³-hybridized carbons (Fsp3) is 1.00. The van der Waals surface area contributed by atoms with Crippen molar-refractivity contribution in [1.29, 1.82) is 0 Å². The predicted molar refractivity (Wildman–Crippen MR) is 64.6 cm³/mol. The highest BCUT2D eigenvalue weighted by Crippen LogP contribution is 2.32. The summed E-state index contributed by atoms with van der Waals surface area (Å²) in [5.41, 5.74) is 0.254. The molecule has 0 amide bonds. The van der Waals surface area contributed by atoms with Gasteiger partial charge in [0.15, 0.2) is 0 Å². The Balaban J connectivity index is 1.68. The molecule has 1 atom stereocenters. The zero-order valence-electron chi connectivity index (χ0n) is 10.5. The van der Waals surface area contributed by atoms with Crippen LogP contribution in [0.25, 0.3) is 0 Å². The van der Waals surface area contributed by atoms with Crippen LogP contribution in [-0.2, 0) is 9.47 Å². The van der Waals surface area contributed by atoms with Gasteiger partial charge in [0.05, 0.1) is 13.2 Å². The molecule has 0 bridgehead atoms. The van der Waals surface area contributed by atoms with Gasteiger partial charge in [-0.2, -0.15) is 0 Å². The SMILES string of the molecule is CCCNCC1(COCC2CC2)CCOC1. The molecular weight excluding hydrogens is 202 g/mol. The van der Waals surface area contributed by atoms with Gasteiger partial charge in [-0.3, -0.25) is 0 Å². The molecule has 2 aliphatic rings.